The van der Waals surface area contributed by atoms with Gasteiger partial charge < -0.3 is 10.5 Å². The number of hydrogen-bond acceptors (Lipinski definition) is 3. The zero-order valence-corrected chi connectivity index (χ0v) is 11.8. The summed E-state index contributed by atoms with van der Waals surface area (Å²) in [6, 6.07) is 8.35. The molecule has 2 aromatic rings. The van der Waals surface area contributed by atoms with E-state index in [1.165, 1.54) is 24.3 Å². The topological polar surface area (TPSA) is 52.3 Å². The van der Waals surface area contributed by atoms with E-state index >= 15 is 0 Å². The van der Waals surface area contributed by atoms with Gasteiger partial charge in [0, 0.05) is 17.7 Å². The molecule has 6 heteroatoms. The fraction of sp³-hybridized carbons (Fsp3) is 0.200. The minimum absolute atomic E-state index is 0.106. The number of nitrogens with two attached hydrogens (primary N) is 1. The molecule has 0 amide bonds. The first-order chi connectivity index (χ1) is 10.0. The summed E-state index contributed by atoms with van der Waals surface area (Å²) < 4.78 is 44.7. The van der Waals surface area contributed by atoms with Crippen molar-refractivity contribution < 1.29 is 17.7 Å². The van der Waals surface area contributed by atoms with E-state index in [-0.39, 0.29) is 28.3 Å². The summed E-state index contributed by atoms with van der Waals surface area (Å²) >= 11 is 0. The molecule has 2 unspecified atom stereocenters. The van der Waals surface area contributed by atoms with E-state index in [0.717, 1.165) is 11.6 Å². The number of benzene rings is 2. The maximum Gasteiger partial charge on any atom is 0.141 e. The molecule has 2 atom stereocenters. The zero-order chi connectivity index (χ0) is 15.0. The third-order valence-corrected chi connectivity index (χ3v) is 4.80. The van der Waals surface area contributed by atoms with Crippen molar-refractivity contribution in [3.05, 3.63) is 53.6 Å². The molecule has 110 valence electrons. The molecule has 3 nitrogen and oxygen atoms in total. The molecule has 0 spiro atoms. The molecule has 0 bridgehead atoms. The zero-order valence-electron chi connectivity index (χ0n) is 11.0. The van der Waals surface area contributed by atoms with Gasteiger partial charge in [0.15, 0.2) is 0 Å². The molecule has 0 fully saturated rings. The quantitative estimate of drug-likeness (QED) is 0.887. The Morgan fingerprint density at radius 2 is 2.05 bits per heavy atom. The van der Waals surface area contributed by atoms with Crippen LogP contribution < -0.4 is 10.5 Å². The molecule has 0 radical (unpaired) electrons. The molecule has 2 aromatic carbocycles. The van der Waals surface area contributed by atoms with Crippen molar-refractivity contribution in [1.82, 2.24) is 0 Å². The van der Waals surface area contributed by atoms with E-state index < -0.39 is 16.6 Å². The van der Waals surface area contributed by atoms with Gasteiger partial charge in [-0.3, -0.25) is 4.21 Å². The van der Waals surface area contributed by atoms with Crippen LogP contribution in [0.2, 0.25) is 0 Å². The highest BCUT2D eigenvalue weighted by Gasteiger charge is 2.26. The van der Waals surface area contributed by atoms with Crippen molar-refractivity contribution in [3.8, 4) is 5.75 Å². The van der Waals surface area contributed by atoms with Crippen molar-refractivity contribution in [3.63, 3.8) is 0 Å². The van der Waals surface area contributed by atoms with Crippen molar-refractivity contribution >= 4 is 16.5 Å². The first-order valence-corrected chi connectivity index (χ1v) is 7.73. The van der Waals surface area contributed by atoms with E-state index in [4.69, 9.17) is 10.5 Å². The molecule has 0 saturated heterocycles. The minimum atomic E-state index is -1.54. The normalized spacial score (nSPS) is 18.1. The van der Waals surface area contributed by atoms with Gasteiger partial charge in [-0.05, 0) is 36.4 Å². The van der Waals surface area contributed by atoms with Gasteiger partial charge in [-0.25, -0.2) is 8.78 Å². The SMILES string of the molecule is Nc1ccc(S(=O)CC2Cc3cc(F)ccc3O2)c(F)c1. The van der Waals surface area contributed by atoms with Crippen LogP contribution in [0.3, 0.4) is 0 Å². The molecule has 1 aliphatic heterocycles. The lowest BCUT2D eigenvalue weighted by atomic mass is 10.1. The lowest BCUT2D eigenvalue weighted by Crippen LogP contribution is -2.22. The largest absolute Gasteiger partial charge is 0.489 e. The van der Waals surface area contributed by atoms with E-state index in [0.29, 0.717) is 12.2 Å². The van der Waals surface area contributed by atoms with E-state index in [1.807, 2.05) is 0 Å². The molecule has 0 aliphatic carbocycles. The molecule has 2 N–H and O–H groups in total. The summed E-state index contributed by atoms with van der Waals surface area (Å²) in [6.45, 7) is 0. The lowest BCUT2D eigenvalue weighted by Gasteiger charge is -2.11. The number of ether oxygens (including phenoxy) is 1. The van der Waals surface area contributed by atoms with Gasteiger partial charge in [0.05, 0.1) is 21.4 Å². The molecule has 3 rings (SSSR count). The Labute approximate surface area is 123 Å². The van der Waals surface area contributed by atoms with Crippen LogP contribution in [-0.2, 0) is 17.2 Å². The molecule has 0 aromatic heterocycles. The number of fused-ring (bicyclic) bond motifs is 1. The van der Waals surface area contributed by atoms with Gasteiger partial charge in [-0.15, -0.1) is 0 Å². The molecular weight excluding hydrogens is 296 g/mol. The molecule has 21 heavy (non-hydrogen) atoms. The molecule has 0 saturated carbocycles. The van der Waals surface area contributed by atoms with E-state index in [1.54, 1.807) is 6.07 Å². The van der Waals surface area contributed by atoms with Gasteiger partial charge in [-0.2, -0.15) is 0 Å². The smallest absolute Gasteiger partial charge is 0.141 e. The van der Waals surface area contributed by atoms with E-state index in [2.05, 4.69) is 0 Å². The van der Waals surface area contributed by atoms with Gasteiger partial charge >= 0.3 is 0 Å². The summed E-state index contributed by atoms with van der Waals surface area (Å²) in [6.07, 6.45) is 0.120. The Morgan fingerprint density at radius 3 is 2.81 bits per heavy atom. The van der Waals surface area contributed by atoms with Crippen LogP contribution in [0.25, 0.3) is 0 Å². The van der Waals surface area contributed by atoms with Crippen molar-refractivity contribution in [2.75, 3.05) is 11.5 Å². The number of halogens is 2. The average molecular weight is 309 g/mol. The maximum absolute atomic E-state index is 13.7. The highest BCUT2D eigenvalue weighted by atomic mass is 32.2. The molecule has 1 heterocycles. The monoisotopic (exact) mass is 309 g/mol. The van der Waals surface area contributed by atoms with Gasteiger partial charge in [-0.1, -0.05) is 0 Å². The summed E-state index contributed by atoms with van der Waals surface area (Å²) in [4.78, 5) is 0.106. The molecular formula is C15H13F2NO2S. The number of nitrogen functional groups attached to an aromatic ring is 1. The second-order valence-corrected chi connectivity index (χ2v) is 6.36. The number of anilines is 1. The van der Waals surface area contributed by atoms with Crippen molar-refractivity contribution in [2.24, 2.45) is 0 Å². The average Bonchev–Trinajstić information content (AvgIpc) is 2.79. The third-order valence-electron chi connectivity index (χ3n) is 3.30. The summed E-state index contributed by atoms with van der Waals surface area (Å²) in [7, 11) is -1.54. The van der Waals surface area contributed by atoms with Crippen LogP contribution in [-0.4, -0.2) is 16.1 Å². The van der Waals surface area contributed by atoms with Gasteiger partial charge in [0.2, 0.25) is 0 Å². The Hall–Kier alpha value is -1.95. The van der Waals surface area contributed by atoms with Crippen molar-refractivity contribution in [1.29, 1.82) is 0 Å². The Morgan fingerprint density at radius 1 is 1.24 bits per heavy atom. The third kappa shape index (κ3) is 2.90. The Kier molecular flexibility index (Phi) is 3.63. The summed E-state index contributed by atoms with van der Waals surface area (Å²) in [5.74, 6) is -0.174. The fourth-order valence-corrected chi connectivity index (χ4v) is 3.54. The second-order valence-electron chi connectivity index (χ2n) is 4.90. The van der Waals surface area contributed by atoms with Crippen LogP contribution in [0.5, 0.6) is 5.75 Å². The first kappa shape index (κ1) is 14.0. The van der Waals surface area contributed by atoms with Crippen LogP contribution in [0.15, 0.2) is 41.3 Å². The summed E-state index contributed by atoms with van der Waals surface area (Å²) in [5, 5.41) is 0. The van der Waals surface area contributed by atoms with Crippen LogP contribution in [0.1, 0.15) is 5.56 Å². The van der Waals surface area contributed by atoms with Gasteiger partial charge in [0.1, 0.15) is 23.5 Å². The van der Waals surface area contributed by atoms with Crippen LogP contribution in [0, 0.1) is 11.6 Å². The Balaban J connectivity index is 1.72. The van der Waals surface area contributed by atoms with Crippen molar-refractivity contribution in [2.45, 2.75) is 17.4 Å². The lowest BCUT2D eigenvalue weighted by molar-refractivity contribution is 0.258. The Bertz CT molecular complexity index is 721. The highest BCUT2D eigenvalue weighted by molar-refractivity contribution is 7.85. The molecule has 1 aliphatic rings. The van der Waals surface area contributed by atoms with Crippen LogP contribution >= 0.6 is 0 Å². The maximum atomic E-state index is 13.7. The fourth-order valence-electron chi connectivity index (χ4n) is 2.34. The minimum Gasteiger partial charge on any atom is -0.489 e. The van der Waals surface area contributed by atoms with E-state index in [9.17, 15) is 13.0 Å². The predicted molar refractivity (Wildman–Crippen MR) is 76.6 cm³/mol. The van der Waals surface area contributed by atoms with Crippen LogP contribution in [0.4, 0.5) is 14.5 Å². The van der Waals surface area contributed by atoms with Gasteiger partial charge in [0.25, 0.3) is 0 Å². The standard InChI is InChI=1S/C15H13F2NO2S/c16-10-1-3-14-9(5-10)6-12(20-14)8-21(19)15-4-2-11(18)7-13(15)17/h1-5,7,12H,6,8,18H2. The highest BCUT2D eigenvalue weighted by Crippen LogP contribution is 2.30. The summed E-state index contributed by atoms with van der Waals surface area (Å²) in [5.41, 5.74) is 6.49. The predicted octanol–water partition coefficient (Wildman–Crippen LogP) is 2.66. The number of hydrogen-bond donors (Lipinski definition) is 1. The number of rotatable bonds is 3. The first-order valence-electron chi connectivity index (χ1n) is 6.41. The second kappa shape index (κ2) is 5.44.